The van der Waals surface area contributed by atoms with Crippen molar-refractivity contribution < 1.29 is 9.84 Å². The fraction of sp³-hybridized carbons (Fsp3) is 0.250. The Labute approximate surface area is 132 Å². The molecule has 0 saturated heterocycles. The number of aliphatic hydroxyl groups excluding tert-OH is 1. The average molecular weight is 347 g/mol. The molecule has 1 aromatic carbocycles. The van der Waals surface area contributed by atoms with Crippen LogP contribution in [0.2, 0.25) is 0 Å². The zero-order valence-electron chi connectivity index (χ0n) is 11.4. The van der Waals surface area contributed by atoms with Crippen molar-refractivity contribution in [2.75, 3.05) is 6.61 Å². The van der Waals surface area contributed by atoms with E-state index in [1.54, 1.807) is 12.1 Å². The lowest BCUT2D eigenvalue weighted by Crippen LogP contribution is -2.02. The Hall–Kier alpha value is -1.90. The zero-order valence-corrected chi connectivity index (χ0v) is 13.0. The molecule has 0 bridgehead atoms. The van der Waals surface area contributed by atoms with Gasteiger partial charge < -0.3 is 9.84 Å². The Balaban J connectivity index is 2.13. The second-order valence-electron chi connectivity index (χ2n) is 4.48. The van der Waals surface area contributed by atoms with Gasteiger partial charge in [0.25, 0.3) is 0 Å². The Kier molecular flexibility index (Phi) is 5.73. The number of pyridine rings is 1. The van der Waals surface area contributed by atoms with E-state index >= 15 is 0 Å². The van der Waals surface area contributed by atoms with Gasteiger partial charge in [-0.3, -0.25) is 0 Å². The highest BCUT2D eigenvalue weighted by Gasteiger charge is 2.06. The zero-order chi connectivity index (χ0) is 15.1. The van der Waals surface area contributed by atoms with Crippen LogP contribution >= 0.6 is 15.9 Å². The first-order valence-corrected chi connectivity index (χ1v) is 7.37. The first-order chi connectivity index (χ1) is 10.2. The van der Waals surface area contributed by atoms with E-state index in [9.17, 15) is 0 Å². The summed E-state index contributed by atoms with van der Waals surface area (Å²) in [4.78, 5) is 7.66. The van der Waals surface area contributed by atoms with Gasteiger partial charge in [0.05, 0.1) is 6.57 Å². The molecule has 0 aliphatic rings. The second kappa shape index (κ2) is 7.77. The molecule has 0 unspecified atom stereocenters. The van der Waals surface area contributed by atoms with E-state index in [2.05, 4.69) is 25.8 Å². The predicted octanol–water partition coefficient (Wildman–Crippen LogP) is 3.90. The van der Waals surface area contributed by atoms with Crippen molar-refractivity contribution in [3.8, 4) is 5.88 Å². The van der Waals surface area contributed by atoms with E-state index in [0.717, 1.165) is 22.2 Å². The normalized spacial score (nSPS) is 10.1. The molecule has 1 heterocycles. The van der Waals surface area contributed by atoms with Gasteiger partial charge in [-0.05, 0) is 40.4 Å². The predicted molar refractivity (Wildman–Crippen MR) is 84.4 cm³/mol. The van der Waals surface area contributed by atoms with E-state index in [1.807, 2.05) is 24.3 Å². The number of benzene rings is 1. The Morgan fingerprint density at radius 2 is 2.10 bits per heavy atom. The average Bonchev–Trinajstić information content (AvgIpc) is 2.51. The summed E-state index contributed by atoms with van der Waals surface area (Å²) in [6, 6.07) is 11.0. The third kappa shape index (κ3) is 4.55. The number of aliphatic hydroxyl groups is 1. The minimum atomic E-state index is 0.135. The van der Waals surface area contributed by atoms with Gasteiger partial charge in [-0.2, -0.15) is 0 Å². The molecule has 0 aliphatic carbocycles. The smallest absolute Gasteiger partial charge is 0.214 e. The maximum atomic E-state index is 8.98. The minimum absolute atomic E-state index is 0.135. The maximum Gasteiger partial charge on any atom is 0.214 e. The molecule has 1 aromatic heterocycles. The summed E-state index contributed by atoms with van der Waals surface area (Å²) in [5.74, 6) is 0.548. The van der Waals surface area contributed by atoms with Crippen LogP contribution in [0, 0.1) is 6.57 Å². The van der Waals surface area contributed by atoms with Crippen LogP contribution in [-0.4, -0.2) is 16.7 Å². The molecule has 0 amide bonds. The Morgan fingerprint density at radius 1 is 1.24 bits per heavy atom. The van der Waals surface area contributed by atoms with Crippen LogP contribution in [-0.2, 0) is 13.0 Å². The summed E-state index contributed by atoms with van der Waals surface area (Å²) in [6.45, 7) is 7.60. The summed E-state index contributed by atoms with van der Waals surface area (Å²) in [6.07, 6.45) is 1.40. The third-order valence-electron chi connectivity index (χ3n) is 2.99. The largest absolute Gasteiger partial charge is 0.473 e. The quantitative estimate of drug-likeness (QED) is 0.637. The highest BCUT2D eigenvalue weighted by molar-refractivity contribution is 9.10. The third-order valence-corrected chi connectivity index (χ3v) is 3.43. The van der Waals surface area contributed by atoms with Crippen LogP contribution in [0.25, 0.3) is 4.85 Å². The second-order valence-corrected chi connectivity index (χ2v) is 5.29. The Bertz CT molecular complexity index is 653. The van der Waals surface area contributed by atoms with Crippen molar-refractivity contribution in [2.24, 2.45) is 0 Å². The molecule has 108 valence electrons. The number of hydrogen-bond donors (Lipinski definition) is 1. The van der Waals surface area contributed by atoms with Gasteiger partial charge in [0, 0.05) is 12.7 Å². The van der Waals surface area contributed by atoms with Gasteiger partial charge in [-0.25, -0.2) is 9.83 Å². The number of aryl methyl sites for hydroxylation is 1. The minimum Gasteiger partial charge on any atom is -0.473 e. The van der Waals surface area contributed by atoms with E-state index < -0.39 is 0 Å². The lowest BCUT2D eigenvalue weighted by molar-refractivity contribution is 0.283. The number of halogens is 1. The number of nitrogens with zero attached hydrogens (tertiary/aromatic N) is 2. The molecule has 0 aliphatic heterocycles. The first-order valence-electron chi connectivity index (χ1n) is 6.58. The van der Waals surface area contributed by atoms with Gasteiger partial charge in [-0.15, -0.1) is 0 Å². The molecule has 21 heavy (non-hydrogen) atoms. The fourth-order valence-corrected chi connectivity index (χ4v) is 2.27. The van der Waals surface area contributed by atoms with Crippen LogP contribution in [0.3, 0.4) is 0 Å². The van der Waals surface area contributed by atoms with Crippen LogP contribution in [0.5, 0.6) is 5.88 Å². The molecular weight excluding hydrogens is 332 g/mol. The Morgan fingerprint density at radius 3 is 2.81 bits per heavy atom. The molecule has 0 radical (unpaired) electrons. The van der Waals surface area contributed by atoms with Crippen molar-refractivity contribution in [1.82, 2.24) is 4.98 Å². The molecule has 0 fully saturated rings. The van der Waals surface area contributed by atoms with Crippen LogP contribution in [0.4, 0.5) is 5.69 Å². The lowest BCUT2D eigenvalue weighted by Gasteiger charge is -2.11. The number of rotatable bonds is 6. The highest BCUT2D eigenvalue weighted by atomic mass is 79.9. The van der Waals surface area contributed by atoms with Gasteiger partial charge >= 0.3 is 0 Å². The molecule has 4 nitrogen and oxygen atoms in total. The van der Waals surface area contributed by atoms with E-state index in [0.29, 0.717) is 24.6 Å². The molecule has 5 heteroatoms. The SMILES string of the molecule is [C-]#[N+]c1ccc(COc2cccc(Br)n2)c(CCCO)c1. The summed E-state index contributed by atoms with van der Waals surface area (Å²) < 4.78 is 6.41. The number of hydrogen-bond acceptors (Lipinski definition) is 3. The molecule has 1 N–H and O–H groups in total. The van der Waals surface area contributed by atoms with Crippen molar-refractivity contribution in [2.45, 2.75) is 19.4 Å². The molecule has 2 aromatic rings. The highest BCUT2D eigenvalue weighted by Crippen LogP contribution is 2.22. The number of aromatic nitrogens is 1. The standard InChI is InChI=1S/C16H15BrN2O2/c1-18-14-8-7-13(12(10-14)4-3-9-20)11-21-16-6-2-5-15(17)19-16/h2,5-8,10,20H,3-4,9,11H2. The first kappa shape index (κ1) is 15.5. The summed E-state index contributed by atoms with van der Waals surface area (Å²) in [7, 11) is 0. The monoisotopic (exact) mass is 346 g/mol. The van der Waals surface area contributed by atoms with Crippen LogP contribution < -0.4 is 4.74 Å². The van der Waals surface area contributed by atoms with E-state index in [1.165, 1.54) is 0 Å². The lowest BCUT2D eigenvalue weighted by atomic mass is 10.0. The summed E-state index contributed by atoms with van der Waals surface area (Å²) >= 11 is 3.30. The topological polar surface area (TPSA) is 46.7 Å². The van der Waals surface area contributed by atoms with Gasteiger partial charge in [0.1, 0.15) is 11.2 Å². The molecular formula is C16H15BrN2O2. The summed E-state index contributed by atoms with van der Waals surface area (Å²) in [5, 5.41) is 8.98. The molecule has 0 spiro atoms. The summed E-state index contributed by atoms with van der Waals surface area (Å²) in [5.41, 5.74) is 2.65. The maximum absolute atomic E-state index is 8.98. The number of ether oxygens (including phenoxy) is 1. The van der Waals surface area contributed by atoms with Gasteiger partial charge in [0.2, 0.25) is 5.88 Å². The molecule has 2 rings (SSSR count). The van der Waals surface area contributed by atoms with Crippen molar-refractivity contribution >= 4 is 21.6 Å². The van der Waals surface area contributed by atoms with E-state index in [-0.39, 0.29) is 6.61 Å². The van der Waals surface area contributed by atoms with Gasteiger partial charge in [0.15, 0.2) is 5.69 Å². The molecule has 0 atom stereocenters. The fourth-order valence-electron chi connectivity index (χ4n) is 1.95. The van der Waals surface area contributed by atoms with E-state index in [4.69, 9.17) is 16.4 Å². The van der Waals surface area contributed by atoms with Crippen LogP contribution in [0.1, 0.15) is 17.5 Å². The molecule has 0 saturated carbocycles. The van der Waals surface area contributed by atoms with Crippen molar-refractivity contribution in [3.63, 3.8) is 0 Å². The van der Waals surface area contributed by atoms with Crippen LogP contribution in [0.15, 0.2) is 41.0 Å². The van der Waals surface area contributed by atoms with Crippen molar-refractivity contribution in [3.05, 3.63) is 63.5 Å². The van der Waals surface area contributed by atoms with Crippen molar-refractivity contribution in [1.29, 1.82) is 0 Å². The van der Waals surface area contributed by atoms with Gasteiger partial charge in [-0.1, -0.05) is 29.8 Å².